The Morgan fingerprint density at radius 3 is 2.61 bits per heavy atom. The highest BCUT2D eigenvalue weighted by Crippen LogP contribution is 2.11. The van der Waals surface area contributed by atoms with Gasteiger partial charge >= 0.3 is 0 Å². The zero-order valence-electron chi connectivity index (χ0n) is 14.0. The second-order valence-electron chi connectivity index (χ2n) is 5.94. The Hall–Kier alpha value is -1.10. The summed E-state index contributed by atoms with van der Waals surface area (Å²) in [4.78, 5) is 14.1. The minimum atomic E-state index is 0. The number of ether oxygens (including phenoxy) is 1. The van der Waals surface area contributed by atoms with Crippen LogP contribution in [0.3, 0.4) is 0 Å². The predicted octanol–water partition coefficient (Wildman–Crippen LogP) is 2.66. The standard InChI is InChI=1S/C18H28N2O2.ClH/c1-20(17-9-12-19-13-10-17)18(21)8-5-14-22-15-11-16-6-3-2-4-7-16;/h2-4,6-7,17,19H,5,8-15H2,1H3;1H. The summed E-state index contributed by atoms with van der Waals surface area (Å²) in [7, 11) is 1.94. The number of rotatable bonds is 8. The number of nitrogens with zero attached hydrogens (tertiary/aromatic N) is 1. The first-order valence-electron chi connectivity index (χ1n) is 8.35. The lowest BCUT2D eigenvalue weighted by atomic mass is 10.0. The molecule has 0 spiro atoms. The van der Waals surface area contributed by atoms with Crippen LogP contribution in [0, 0.1) is 0 Å². The van der Waals surface area contributed by atoms with Gasteiger partial charge < -0.3 is 15.0 Å². The van der Waals surface area contributed by atoms with Crippen molar-refractivity contribution < 1.29 is 9.53 Å². The van der Waals surface area contributed by atoms with Crippen LogP contribution in [0.1, 0.15) is 31.2 Å². The highest BCUT2D eigenvalue weighted by atomic mass is 35.5. The van der Waals surface area contributed by atoms with Gasteiger partial charge in [-0.15, -0.1) is 12.4 Å². The normalized spacial score (nSPS) is 15.0. The molecule has 0 saturated carbocycles. The van der Waals surface area contributed by atoms with Gasteiger partial charge in [-0.1, -0.05) is 30.3 Å². The fourth-order valence-corrected chi connectivity index (χ4v) is 2.84. The summed E-state index contributed by atoms with van der Waals surface area (Å²) in [6.45, 7) is 3.43. The van der Waals surface area contributed by atoms with Gasteiger partial charge in [0.2, 0.25) is 5.91 Å². The molecule has 1 aliphatic rings. The molecule has 0 bridgehead atoms. The molecule has 1 heterocycles. The molecule has 1 aliphatic heterocycles. The Morgan fingerprint density at radius 1 is 1.22 bits per heavy atom. The van der Waals surface area contributed by atoms with E-state index in [2.05, 4.69) is 17.4 Å². The summed E-state index contributed by atoms with van der Waals surface area (Å²) >= 11 is 0. The first-order chi connectivity index (χ1) is 10.8. The Bertz CT molecular complexity index is 436. The van der Waals surface area contributed by atoms with E-state index in [9.17, 15) is 4.79 Å². The summed E-state index contributed by atoms with van der Waals surface area (Å²) < 4.78 is 5.63. The molecule has 130 valence electrons. The molecule has 1 aromatic rings. The Balaban J connectivity index is 0.00000264. The van der Waals surface area contributed by atoms with E-state index in [1.54, 1.807) is 0 Å². The molecule has 0 radical (unpaired) electrons. The molecule has 1 saturated heterocycles. The zero-order chi connectivity index (χ0) is 15.6. The molecule has 1 fully saturated rings. The van der Waals surface area contributed by atoms with Crippen LogP contribution in [0.15, 0.2) is 30.3 Å². The van der Waals surface area contributed by atoms with Crippen molar-refractivity contribution in [1.29, 1.82) is 0 Å². The summed E-state index contributed by atoms with van der Waals surface area (Å²) in [5, 5.41) is 3.33. The average Bonchev–Trinajstić information content (AvgIpc) is 2.58. The van der Waals surface area contributed by atoms with Gasteiger partial charge in [0, 0.05) is 26.1 Å². The van der Waals surface area contributed by atoms with Crippen LogP contribution in [-0.2, 0) is 16.0 Å². The van der Waals surface area contributed by atoms with E-state index in [0.717, 1.165) is 45.4 Å². The number of carbonyl (C=O) groups excluding carboxylic acids is 1. The van der Waals surface area contributed by atoms with Crippen molar-refractivity contribution in [2.45, 2.75) is 38.1 Å². The van der Waals surface area contributed by atoms with E-state index in [1.165, 1.54) is 5.56 Å². The van der Waals surface area contributed by atoms with Crippen LogP contribution in [0.25, 0.3) is 0 Å². The van der Waals surface area contributed by atoms with Gasteiger partial charge in [-0.25, -0.2) is 0 Å². The van der Waals surface area contributed by atoms with Crippen LogP contribution in [0.4, 0.5) is 0 Å². The SMILES string of the molecule is CN(C(=O)CCCOCCc1ccccc1)C1CCNCC1.Cl. The maximum atomic E-state index is 12.1. The fourth-order valence-electron chi connectivity index (χ4n) is 2.84. The van der Waals surface area contributed by atoms with Gasteiger partial charge in [0.15, 0.2) is 0 Å². The third-order valence-corrected chi connectivity index (χ3v) is 4.31. The Kier molecular flexibility index (Phi) is 9.92. The maximum Gasteiger partial charge on any atom is 0.222 e. The van der Waals surface area contributed by atoms with E-state index in [4.69, 9.17) is 4.74 Å². The molecule has 23 heavy (non-hydrogen) atoms. The molecule has 2 rings (SSSR count). The molecule has 4 nitrogen and oxygen atoms in total. The van der Waals surface area contributed by atoms with Crippen molar-refractivity contribution in [2.75, 3.05) is 33.4 Å². The number of carbonyl (C=O) groups is 1. The monoisotopic (exact) mass is 340 g/mol. The molecular weight excluding hydrogens is 312 g/mol. The van der Waals surface area contributed by atoms with Crippen molar-refractivity contribution in [3.8, 4) is 0 Å². The zero-order valence-corrected chi connectivity index (χ0v) is 14.8. The maximum absolute atomic E-state index is 12.1. The molecule has 1 aromatic carbocycles. The van der Waals surface area contributed by atoms with E-state index in [-0.39, 0.29) is 18.3 Å². The number of benzene rings is 1. The van der Waals surface area contributed by atoms with Crippen molar-refractivity contribution in [1.82, 2.24) is 10.2 Å². The fraction of sp³-hybridized carbons (Fsp3) is 0.611. The van der Waals surface area contributed by atoms with Gasteiger partial charge in [-0.2, -0.15) is 0 Å². The highest BCUT2D eigenvalue weighted by Gasteiger charge is 2.21. The van der Waals surface area contributed by atoms with E-state index < -0.39 is 0 Å². The number of halogens is 1. The minimum absolute atomic E-state index is 0. The lowest BCUT2D eigenvalue weighted by Gasteiger charge is -2.31. The topological polar surface area (TPSA) is 41.6 Å². The van der Waals surface area contributed by atoms with Crippen LogP contribution in [0.2, 0.25) is 0 Å². The minimum Gasteiger partial charge on any atom is -0.381 e. The van der Waals surface area contributed by atoms with Gasteiger partial charge in [-0.05, 0) is 44.3 Å². The lowest BCUT2D eigenvalue weighted by Crippen LogP contribution is -2.43. The Morgan fingerprint density at radius 2 is 1.91 bits per heavy atom. The van der Waals surface area contributed by atoms with Gasteiger partial charge in [0.05, 0.1) is 6.61 Å². The van der Waals surface area contributed by atoms with Crippen LogP contribution in [-0.4, -0.2) is 50.2 Å². The van der Waals surface area contributed by atoms with Crippen LogP contribution < -0.4 is 5.32 Å². The molecule has 0 unspecified atom stereocenters. The molecular formula is C18H29ClN2O2. The smallest absolute Gasteiger partial charge is 0.222 e. The molecule has 5 heteroatoms. The summed E-state index contributed by atoms with van der Waals surface area (Å²) in [5.74, 6) is 0.249. The Labute approximate surface area is 146 Å². The second kappa shape index (κ2) is 11.4. The predicted molar refractivity (Wildman–Crippen MR) is 96.1 cm³/mol. The van der Waals surface area contributed by atoms with E-state index >= 15 is 0 Å². The number of piperidine rings is 1. The summed E-state index contributed by atoms with van der Waals surface area (Å²) in [5.41, 5.74) is 1.30. The number of hydrogen-bond donors (Lipinski definition) is 1. The van der Waals surface area contributed by atoms with Crippen molar-refractivity contribution >= 4 is 18.3 Å². The van der Waals surface area contributed by atoms with Gasteiger partial charge in [0.1, 0.15) is 0 Å². The first-order valence-corrected chi connectivity index (χ1v) is 8.35. The van der Waals surface area contributed by atoms with Crippen LogP contribution >= 0.6 is 12.4 Å². The van der Waals surface area contributed by atoms with Crippen molar-refractivity contribution in [3.63, 3.8) is 0 Å². The quantitative estimate of drug-likeness (QED) is 0.740. The molecule has 0 atom stereocenters. The number of hydrogen-bond acceptors (Lipinski definition) is 3. The third-order valence-electron chi connectivity index (χ3n) is 4.31. The lowest BCUT2D eigenvalue weighted by molar-refractivity contribution is -0.132. The van der Waals surface area contributed by atoms with Gasteiger partial charge in [0.25, 0.3) is 0 Å². The van der Waals surface area contributed by atoms with Crippen molar-refractivity contribution in [2.24, 2.45) is 0 Å². The molecule has 0 aliphatic carbocycles. The first kappa shape index (κ1) is 19.9. The average molecular weight is 341 g/mol. The van der Waals surface area contributed by atoms with Crippen molar-refractivity contribution in [3.05, 3.63) is 35.9 Å². The molecule has 1 N–H and O–H groups in total. The number of amides is 1. The van der Waals surface area contributed by atoms with E-state index in [0.29, 0.717) is 19.1 Å². The highest BCUT2D eigenvalue weighted by molar-refractivity contribution is 5.85. The molecule has 1 amide bonds. The summed E-state index contributed by atoms with van der Waals surface area (Å²) in [6, 6.07) is 10.7. The van der Waals surface area contributed by atoms with Crippen LogP contribution in [0.5, 0.6) is 0 Å². The number of nitrogens with one attached hydrogen (secondary N) is 1. The third kappa shape index (κ3) is 7.34. The molecule has 0 aromatic heterocycles. The van der Waals surface area contributed by atoms with E-state index in [1.807, 2.05) is 30.1 Å². The summed E-state index contributed by atoms with van der Waals surface area (Å²) in [6.07, 6.45) is 4.46. The largest absolute Gasteiger partial charge is 0.381 e. The second-order valence-corrected chi connectivity index (χ2v) is 5.94. The van der Waals surface area contributed by atoms with Gasteiger partial charge in [-0.3, -0.25) is 4.79 Å².